The number of rotatable bonds is 4. The molecule has 0 spiro atoms. The molecule has 2 aromatic rings. The molecular weight excluding hydrogens is 566 g/mol. The SMILES string of the molecule is CC(C)CC1=Cc2ccccc2C1C1[C]([Hf+2]=[Si](C)C)=Cc2ccccc21.[Cl-].[Cl-]. The molecule has 0 N–H and O–H groups in total. The molecule has 0 radical (unpaired) electrons. The summed E-state index contributed by atoms with van der Waals surface area (Å²) in [7, 11) is 0. The molecule has 2 aromatic carbocycles. The summed E-state index contributed by atoms with van der Waals surface area (Å²) in [6, 6.07) is 18.3. The first-order valence-electron chi connectivity index (χ1n) is 9.71. The second-order valence-corrected chi connectivity index (χ2v) is 26.1. The van der Waals surface area contributed by atoms with Gasteiger partial charge >= 0.3 is 170 Å². The Bertz CT molecular complexity index is 939. The van der Waals surface area contributed by atoms with Crippen molar-refractivity contribution in [3.8, 4) is 0 Å². The molecule has 0 heterocycles. The normalized spacial score (nSPS) is 18.9. The van der Waals surface area contributed by atoms with Crippen molar-refractivity contribution in [2.24, 2.45) is 5.92 Å². The van der Waals surface area contributed by atoms with Crippen molar-refractivity contribution in [2.75, 3.05) is 0 Å². The molecule has 4 heteroatoms. The standard InChI is InChI=1S/C22H21.C2H6Si.2ClH.Hf/c1-15(2)13-18-14-17-8-4-6-10-20(17)22(18)21-12-11-16-7-3-5-9-19(16)21;1-3-2;;;/h3-11,14-15,21-22H,13H2,1-2H3;1-2H3;2*1H;/q;;;;+2/p-2. The van der Waals surface area contributed by atoms with Gasteiger partial charge in [0, 0.05) is 0 Å². The molecule has 28 heavy (non-hydrogen) atoms. The fourth-order valence-electron chi connectivity index (χ4n) is 4.58. The minimum Gasteiger partial charge on any atom is -1.00 e. The number of hydrogen-bond donors (Lipinski definition) is 0. The van der Waals surface area contributed by atoms with Crippen molar-refractivity contribution in [1.29, 1.82) is 0 Å². The van der Waals surface area contributed by atoms with E-state index in [1.54, 1.807) is 16.7 Å². The minimum absolute atomic E-state index is 0. The average molecular weight is 593 g/mol. The Balaban J connectivity index is 0.00000140. The van der Waals surface area contributed by atoms with Crippen LogP contribution in [0.1, 0.15) is 54.4 Å². The Morgan fingerprint density at radius 2 is 1.36 bits per heavy atom. The summed E-state index contributed by atoms with van der Waals surface area (Å²) >= 11 is -0.707. The van der Waals surface area contributed by atoms with Gasteiger partial charge in [0.15, 0.2) is 0 Å². The smallest absolute Gasteiger partial charge is 1.00 e. The van der Waals surface area contributed by atoms with Crippen LogP contribution in [-0.2, 0) is 21.5 Å². The third kappa shape index (κ3) is 4.66. The number of fused-ring (bicyclic) bond motifs is 2. The van der Waals surface area contributed by atoms with Crippen LogP contribution < -0.4 is 24.8 Å². The van der Waals surface area contributed by atoms with Crippen LogP contribution in [0.2, 0.25) is 13.1 Å². The van der Waals surface area contributed by atoms with Gasteiger partial charge in [-0.2, -0.15) is 0 Å². The van der Waals surface area contributed by atoms with E-state index in [1.165, 1.54) is 17.5 Å². The Morgan fingerprint density at radius 1 is 0.821 bits per heavy atom. The number of halogens is 2. The Labute approximate surface area is 193 Å². The quantitative estimate of drug-likeness (QED) is 0.459. The molecular formula is C24H27Cl2HfSi. The second kappa shape index (κ2) is 10.1. The van der Waals surface area contributed by atoms with Crippen LogP contribution in [0, 0.1) is 5.92 Å². The maximum atomic E-state index is 2.59. The zero-order chi connectivity index (χ0) is 18.3. The molecule has 2 aliphatic carbocycles. The van der Waals surface area contributed by atoms with Gasteiger partial charge in [0.1, 0.15) is 0 Å². The van der Waals surface area contributed by atoms with Crippen LogP contribution in [-0.4, -0.2) is 5.49 Å². The molecule has 0 aromatic heterocycles. The molecule has 145 valence electrons. The van der Waals surface area contributed by atoms with Crippen LogP contribution in [0.4, 0.5) is 0 Å². The van der Waals surface area contributed by atoms with Crippen LogP contribution in [0.25, 0.3) is 12.2 Å². The summed E-state index contributed by atoms with van der Waals surface area (Å²) in [5.41, 5.74) is 7.68. The van der Waals surface area contributed by atoms with Crippen molar-refractivity contribution < 1.29 is 46.3 Å². The van der Waals surface area contributed by atoms with E-state index in [0.29, 0.717) is 17.8 Å². The van der Waals surface area contributed by atoms with E-state index < -0.39 is 21.5 Å². The van der Waals surface area contributed by atoms with E-state index >= 15 is 0 Å². The monoisotopic (exact) mass is 593 g/mol. The largest absolute Gasteiger partial charge is 1.00 e. The summed E-state index contributed by atoms with van der Waals surface area (Å²) < 4.78 is 1.86. The summed E-state index contributed by atoms with van der Waals surface area (Å²) in [4.78, 5) is 0. The molecule has 0 nitrogen and oxygen atoms in total. The van der Waals surface area contributed by atoms with E-state index in [0.717, 1.165) is 0 Å². The molecule has 0 saturated heterocycles. The average Bonchev–Trinajstić information content (AvgIpc) is 3.10. The van der Waals surface area contributed by atoms with Gasteiger partial charge < -0.3 is 24.8 Å². The Kier molecular flexibility index (Phi) is 8.58. The van der Waals surface area contributed by atoms with Gasteiger partial charge in [0.05, 0.1) is 0 Å². The van der Waals surface area contributed by atoms with Crippen LogP contribution in [0.15, 0.2) is 57.4 Å². The van der Waals surface area contributed by atoms with Crippen molar-refractivity contribution in [3.05, 3.63) is 79.7 Å². The fraction of sp³-hybridized carbons (Fsp3) is 0.333. The van der Waals surface area contributed by atoms with Crippen molar-refractivity contribution in [2.45, 2.75) is 45.2 Å². The van der Waals surface area contributed by atoms with Crippen molar-refractivity contribution in [3.63, 3.8) is 0 Å². The number of benzene rings is 2. The summed E-state index contributed by atoms with van der Waals surface area (Å²) in [5.74, 6) is 1.89. The summed E-state index contributed by atoms with van der Waals surface area (Å²) in [5, 5.41) is 0. The van der Waals surface area contributed by atoms with E-state index in [-0.39, 0.29) is 30.3 Å². The molecule has 0 aliphatic heterocycles. The maximum Gasteiger partial charge on any atom is -1.00 e. The first-order chi connectivity index (χ1) is 12.5. The Hall–Kier alpha value is -0.413. The molecule has 2 aliphatic rings. The predicted octanol–water partition coefficient (Wildman–Crippen LogP) is 0.693. The van der Waals surface area contributed by atoms with Gasteiger partial charge in [-0.1, -0.05) is 0 Å². The fourth-order valence-corrected chi connectivity index (χ4v) is 15.8. The molecule has 2 atom stereocenters. The minimum atomic E-state index is -0.707. The maximum absolute atomic E-state index is 2.59. The first-order valence-corrected chi connectivity index (χ1v) is 19.4. The van der Waals surface area contributed by atoms with E-state index in [4.69, 9.17) is 0 Å². The molecule has 0 bridgehead atoms. The van der Waals surface area contributed by atoms with Crippen LogP contribution in [0.5, 0.6) is 0 Å². The third-order valence-corrected chi connectivity index (χ3v) is 16.3. The molecule has 0 fully saturated rings. The van der Waals surface area contributed by atoms with E-state index in [9.17, 15) is 0 Å². The summed E-state index contributed by atoms with van der Waals surface area (Å²) in [6.45, 7) is 9.78. The first kappa shape index (κ1) is 23.9. The van der Waals surface area contributed by atoms with Gasteiger partial charge in [-0.15, -0.1) is 0 Å². The van der Waals surface area contributed by atoms with Crippen LogP contribution in [0.3, 0.4) is 0 Å². The van der Waals surface area contributed by atoms with Crippen molar-refractivity contribution >= 4 is 17.6 Å². The predicted molar refractivity (Wildman–Crippen MR) is 111 cm³/mol. The zero-order valence-corrected chi connectivity index (χ0v) is 23.1. The van der Waals surface area contributed by atoms with Gasteiger partial charge in [0.2, 0.25) is 0 Å². The van der Waals surface area contributed by atoms with Gasteiger partial charge in [-0.25, -0.2) is 0 Å². The van der Waals surface area contributed by atoms with E-state index in [2.05, 4.69) is 87.6 Å². The van der Waals surface area contributed by atoms with Gasteiger partial charge in [0.25, 0.3) is 0 Å². The third-order valence-electron chi connectivity index (χ3n) is 5.42. The molecule has 0 saturated carbocycles. The topological polar surface area (TPSA) is 0 Å². The van der Waals surface area contributed by atoms with Gasteiger partial charge in [-0.3, -0.25) is 0 Å². The van der Waals surface area contributed by atoms with E-state index in [1.807, 2.05) is 3.33 Å². The van der Waals surface area contributed by atoms with Gasteiger partial charge in [-0.05, 0) is 0 Å². The second-order valence-electron chi connectivity index (χ2n) is 8.26. The summed E-state index contributed by atoms with van der Waals surface area (Å²) in [6.07, 6.45) is 6.32. The molecule has 0 amide bonds. The van der Waals surface area contributed by atoms with Crippen molar-refractivity contribution in [1.82, 2.24) is 0 Å². The Morgan fingerprint density at radius 3 is 1.93 bits per heavy atom. The molecule has 4 rings (SSSR count). The van der Waals surface area contributed by atoms with Crippen LogP contribution >= 0.6 is 0 Å². The number of allylic oxidation sites excluding steroid dienone is 2. The number of hydrogen-bond acceptors (Lipinski definition) is 0. The molecule has 2 unspecified atom stereocenters. The zero-order valence-electron chi connectivity index (χ0n) is 17.0.